The Morgan fingerprint density at radius 2 is 1.68 bits per heavy atom. The number of fused-ring (bicyclic) bond motifs is 3. The van der Waals surface area contributed by atoms with Crippen LogP contribution in [0.5, 0.6) is 0 Å². The summed E-state index contributed by atoms with van der Waals surface area (Å²) in [6.07, 6.45) is 3.73. The van der Waals surface area contributed by atoms with Gasteiger partial charge < -0.3 is 15.8 Å². The van der Waals surface area contributed by atoms with Gasteiger partial charge in [-0.2, -0.15) is 0 Å². The molecule has 1 amide bonds. The summed E-state index contributed by atoms with van der Waals surface area (Å²) in [5.41, 5.74) is 13.5. The molecule has 1 aliphatic carbocycles. The van der Waals surface area contributed by atoms with Gasteiger partial charge in [0, 0.05) is 10.6 Å². The number of nitrogens with one attached hydrogen (secondary N) is 1. The lowest BCUT2D eigenvalue weighted by molar-refractivity contribution is 0.0601. The number of nitrogen functional groups attached to an aromatic ring is 1. The van der Waals surface area contributed by atoms with Crippen LogP contribution in [0.3, 0.4) is 0 Å². The minimum atomic E-state index is -0.448. The molecule has 5 aromatic rings. The number of methoxy groups -OCH3 is 1. The highest BCUT2D eigenvalue weighted by molar-refractivity contribution is 7.17. The molecule has 38 heavy (non-hydrogen) atoms. The Morgan fingerprint density at radius 1 is 1.00 bits per heavy atom. The number of amides is 1. The second kappa shape index (κ2) is 9.25. The molecule has 1 aliphatic rings. The molecule has 3 heterocycles. The van der Waals surface area contributed by atoms with Gasteiger partial charge in [-0.25, -0.2) is 14.8 Å². The minimum absolute atomic E-state index is 0.222. The Labute approximate surface area is 223 Å². The largest absolute Gasteiger partial charge is 0.465 e. The third-order valence-electron chi connectivity index (χ3n) is 6.98. The number of hydrogen-bond acceptors (Lipinski definition) is 7. The third kappa shape index (κ3) is 3.90. The van der Waals surface area contributed by atoms with E-state index in [4.69, 9.17) is 20.4 Å². The van der Waals surface area contributed by atoms with Crippen LogP contribution in [0.4, 0.5) is 10.8 Å². The lowest BCUT2D eigenvalue weighted by atomic mass is 9.95. The number of aromatic nitrogens is 3. The number of ether oxygens (including phenoxy) is 1. The Kier molecular flexibility index (Phi) is 5.87. The summed E-state index contributed by atoms with van der Waals surface area (Å²) in [6.45, 7) is 4.03. The third-order valence-corrected chi connectivity index (χ3v) is 8.18. The average Bonchev–Trinajstić information content (AvgIpc) is 3.39. The number of hydrogen-bond donors (Lipinski definition) is 2. The summed E-state index contributed by atoms with van der Waals surface area (Å²) in [5.74, 6) is -0.654. The van der Waals surface area contributed by atoms with E-state index >= 15 is 0 Å². The Morgan fingerprint density at radius 3 is 2.39 bits per heavy atom. The van der Waals surface area contributed by atoms with Gasteiger partial charge in [0.1, 0.15) is 21.9 Å². The Balaban J connectivity index is 1.55. The van der Waals surface area contributed by atoms with Crippen molar-refractivity contribution in [3.8, 4) is 5.69 Å². The quantitative estimate of drug-likeness (QED) is 0.289. The zero-order valence-electron chi connectivity index (χ0n) is 21.4. The van der Waals surface area contributed by atoms with Gasteiger partial charge >= 0.3 is 5.97 Å². The van der Waals surface area contributed by atoms with Crippen LogP contribution in [0.25, 0.3) is 27.9 Å². The van der Waals surface area contributed by atoms with Gasteiger partial charge in [-0.3, -0.25) is 9.36 Å². The van der Waals surface area contributed by atoms with Gasteiger partial charge in [-0.05, 0) is 80.5 Å². The Bertz CT molecular complexity index is 1750. The predicted octanol–water partition coefficient (Wildman–Crippen LogP) is 5.75. The molecule has 0 bridgehead atoms. The van der Waals surface area contributed by atoms with E-state index in [0.717, 1.165) is 52.9 Å². The van der Waals surface area contributed by atoms with E-state index in [-0.39, 0.29) is 11.4 Å². The maximum absolute atomic E-state index is 13.9. The fourth-order valence-corrected chi connectivity index (χ4v) is 6.64. The minimum Gasteiger partial charge on any atom is -0.465 e. The highest BCUT2D eigenvalue weighted by Gasteiger charge is 2.30. The topological polar surface area (TPSA) is 112 Å². The monoisotopic (exact) mass is 525 g/mol. The van der Waals surface area contributed by atoms with Crippen molar-refractivity contribution in [3.05, 3.63) is 75.2 Å². The standard InChI is InChI=1S/C29H27N5O3S/c1-15-12-16(2)14-17(13-15)34-25(30)23(24-26(34)32-20-10-6-5-9-19(20)31-24)27(35)33-28-22(29(36)37-3)18-8-4-7-11-21(18)38-28/h5-6,9-10,12-14H,4,7-8,11,30H2,1-3H3,(H,33,35). The van der Waals surface area contributed by atoms with Crippen LogP contribution < -0.4 is 11.1 Å². The van der Waals surface area contributed by atoms with Crippen molar-refractivity contribution in [1.29, 1.82) is 0 Å². The molecule has 3 aromatic heterocycles. The van der Waals surface area contributed by atoms with E-state index in [1.807, 2.05) is 50.2 Å². The number of carbonyl (C=O) groups excluding carboxylic acids is 2. The van der Waals surface area contributed by atoms with Crippen molar-refractivity contribution in [3.63, 3.8) is 0 Å². The summed E-state index contributed by atoms with van der Waals surface area (Å²) in [5, 5.41) is 3.47. The Hall–Kier alpha value is -4.24. The molecule has 0 saturated heterocycles. The highest BCUT2D eigenvalue weighted by Crippen LogP contribution is 2.40. The molecule has 192 valence electrons. The molecule has 0 fully saturated rings. The number of benzene rings is 2. The first kappa shape index (κ1) is 24.1. The molecule has 0 aliphatic heterocycles. The number of nitrogens with zero attached hydrogens (tertiary/aromatic N) is 3. The molecule has 9 heteroatoms. The van der Waals surface area contributed by atoms with Crippen LogP contribution in [-0.4, -0.2) is 33.5 Å². The van der Waals surface area contributed by atoms with Gasteiger partial charge in [0.15, 0.2) is 5.65 Å². The van der Waals surface area contributed by atoms with Gasteiger partial charge in [-0.15, -0.1) is 11.3 Å². The predicted molar refractivity (Wildman–Crippen MR) is 151 cm³/mol. The smallest absolute Gasteiger partial charge is 0.341 e. The van der Waals surface area contributed by atoms with Crippen molar-refractivity contribution >= 4 is 56.2 Å². The van der Waals surface area contributed by atoms with Crippen LogP contribution in [0.2, 0.25) is 0 Å². The van der Waals surface area contributed by atoms with Gasteiger partial charge in [0.25, 0.3) is 5.91 Å². The van der Waals surface area contributed by atoms with Gasteiger partial charge in [-0.1, -0.05) is 18.2 Å². The molecule has 0 atom stereocenters. The van der Waals surface area contributed by atoms with Gasteiger partial charge in [0.2, 0.25) is 0 Å². The number of rotatable bonds is 4. The van der Waals surface area contributed by atoms with Crippen molar-refractivity contribution in [2.75, 3.05) is 18.2 Å². The second-order valence-corrected chi connectivity index (χ2v) is 10.8. The molecule has 0 spiro atoms. The number of thiophene rings is 1. The molecule has 8 nitrogen and oxygen atoms in total. The highest BCUT2D eigenvalue weighted by atomic mass is 32.1. The number of esters is 1. The summed E-state index contributed by atoms with van der Waals surface area (Å²) in [4.78, 5) is 37.5. The number of anilines is 2. The van der Waals surface area contributed by atoms with E-state index in [2.05, 4.69) is 11.4 Å². The van der Waals surface area contributed by atoms with Crippen LogP contribution in [-0.2, 0) is 17.6 Å². The molecule has 3 N–H and O–H groups in total. The van der Waals surface area contributed by atoms with E-state index in [0.29, 0.717) is 32.8 Å². The van der Waals surface area contributed by atoms with Crippen LogP contribution in [0, 0.1) is 13.8 Å². The van der Waals surface area contributed by atoms with E-state index in [1.54, 1.807) is 4.57 Å². The lowest BCUT2D eigenvalue weighted by Gasteiger charge is -2.12. The molecular weight excluding hydrogens is 498 g/mol. The van der Waals surface area contributed by atoms with Crippen molar-refractivity contribution in [2.24, 2.45) is 0 Å². The first-order valence-corrected chi connectivity index (χ1v) is 13.4. The number of aryl methyl sites for hydroxylation is 3. The summed E-state index contributed by atoms with van der Waals surface area (Å²) in [7, 11) is 1.36. The fourth-order valence-electron chi connectivity index (χ4n) is 5.36. The average molecular weight is 526 g/mol. The molecular formula is C29H27N5O3S. The van der Waals surface area contributed by atoms with E-state index in [9.17, 15) is 9.59 Å². The maximum Gasteiger partial charge on any atom is 0.341 e. The van der Waals surface area contributed by atoms with E-state index in [1.165, 1.54) is 18.4 Å². The van der Waals surface area contributed by atoms with Crippen molar-refractivity contribution in [2.45, 2.75) is 39.5 Å². The fraction of sp³-hybridized carbons (Fsp3) is 0.241. The van der Waals surface area contributed by atoms with Crippen LogP contribution in [0.1, 0.15) is 55.1 Å². The molecule has 6 rings (SSSR count). The summed E-state index contributed by atoms with van der Waals surface area (Å²) >= 11 is 1.43. The van der Waals surface area contributed by atoms with Gasteiger partial charge in [0.05, 0.1) is 23.7 Å². The maximum atomic E-state index is 13.9. The van der Waals surface area contributed by atoms with E-state index < -0.39 is 11.9 Å². The SMILES string of the molecule is COC(=O)c1c(NC(=O)c2c(N)n(-c3cc(C)cc(C)c3)c3nc4ccccc4nc23)sc2c1CCCC2. The van der Waals surface area contributed by atoms with Crippen LogP contribution in [0.15, 0.2) is 42.5 Å². The molecule has 0 unspecified atom stereocenters. The molecule has 0 radical (unpaired) electrons. The van der Waals surface area contributed by atoms with Crippen molar-refractivity contribution < 1.29 is 14.3 Å². The summed E-state index contributed by atoms with van der Waals surface area (Å²) < 4.78 is 6.86. The molecule has 2 aromatic carbocycles. The van der Waals surface area contributed by atoms with Crippen molar-refractivity contribution in [1.82, 2.24) is 14.5 Å². The summed E-state index contributed by atoms with van der Waals surface area (Å²) in [6, 6.07) is 13.6. The van der Waals surface area contributed by atoms with Crippen LogP contribution >= 0.6 is 11.3 Å². The number of nitrogens with two attached hydrogens (primary N) is 1. The first-order chi connectivity index (χ1) is 18.4. The lowest BCUT2D eigenvalue weighted by Crippen LogP contribution is -2.16. The zero-order valence-corrected chi connectivity index (χ0v) is 22.2. The first-order valence-electron chi connectivity index (χ1n) is 12.5. The number of para-hydroxylation sites is 2. The zero-order chi connectivity index (χ0) is 26.6. The number of carbonyl (C=O) groups is 2. The second-order valence-electron chi connectivity index (χ2n) is 9.69. The molecule has 0 saturated carbocycles. The normalized spacial score (nSPS) is 13.0.